The monoisotopic (exact) mass is 458 g/mol. The molecule has 4 rings (SSSR count). The van der Waals surface area contributed by atoms with Gasteiger partial charge in [0.15, 0.2) is 11.5 Å². The number of amides is 1. The molecule has 0 N–H and O–H groups in total. The van der Waals surface area contributed by atoms with Gasteiger partial charge in [0.25, 0.3) is 5.91 Å². The highest BCUT2D eigenvalue weighted by molar-refractivity contribution is 6.32. The highest BCUT2D eigenvalue weighted by Gasteiger charge is 2.28. The molecule has 0 saturated heterocycles. The van der Waals surface area contributed by atoms with E-state index in [1.54, 1.807) is 32.4 Å². The highest BCUT2D eigenvalue weighted by atomic mass is 16.6. The van der Waals surface area contributed by atoms with Crippen molar-refractivity contribution in [1.82, 2.24) is 0 Å². The SMILES string of the molecule is COc1cc(/C=C2\C(=O)N(c3ccccc3)N=C2C)cc(OC)c1OCCOc1ccccc1. The maximum absolute atomic E-state index is 13.0. The molecule has 1 aliphatic rings. The molecule has 34 heavy (non-hydrogen) atoms. The number of para-hydroxylation sites is 2. The van der Waals surface area contributed by atoms with Gasteiger partial charge in [-0.25, -0.2) is 0 Å². The van der Waals surface area contributed by atoms with Gasteiger partial charge >= 0.3 is 0 Å². The zero-order chi connectivity index (χ0) is 23.9. The van der Waals surface area contributed by atoms with Crippen molar-refractivity contribution < 1.29 is 23.7 Å². The molecule has 7 nitrogen and oxygen atoms in total. The Morgan fingerprint density at radius 2 is 1.44 bits per heavy atom. The zero-order valence-corrected chi connectivity index (χ0v) is 19.4. The number of anilines is 1. The Kier molecular flexibility index (Phi) is 7.13. The second-order valence-corrected chi connectivity index (χ2v) is 7.46. The van der Waals surface area contributed by atoms with Crippen LogP contribution in [0.1, 0.15) is 12.5 Å². The van der Waals surface area contributed by atoms with E-state index >= 15 is 0 Å². The van der Waals surface area contributed by atoms with E-state index < -0.39 is 0 Å². The van der Waals surface area contributed by atoms with Crippen LogP contribution in [-0.2, 0) is 4.79 Å². The van der Waals surface area contributed by atoms with Gasteiger partial charge in [-0.05, 0) is 55.0 Å². The van der Waals surface area contributed by atoms with Crippen LogP contribution in [0, 0.1) is 0 Å². The number of benzene rings is 3. The third-order valence-electron chi connectivity index (χ3n) is 5.20. The molecule has 1 heterocycles. The summed E-state index contributed by atoms with van der Waals surface area (Å²) in [4.78, 5) is 13.0. The number of rotatable bonds is 9. The van der Waals surface area contributed by atoms with Crippen LogP contribution in [0.4, 0.5) is 5.69 Å². The number of ether oxygens (including phenoxy) is 4. The molecule has 0 spiro atoms. The Bertz CT molecular complexity index is 1180. The average molecular weight is 459 g/mol. The summed E-state index contributed by atoms with van der Waals surface area (Å²) in [6, 6.07) is 22.5. The van der Waals surface area contributed by atoms with Crippen LogP contribution in [0.5, 0.6) is 23.0 Å². The van der Waals surface area contributed by atoms with E-state index in [1.165, 1.54) is 5.01 Å². The number of nitrogens with zero attached hydrogens (tertiary/aromatic N) is 2. The standard InChI is InChI=1S/C27H26N2O5/c1-19-23(27(30)29(28-19)21-10-6-4-7-11-21)16-20-17-24(31-2)26(25(18-20)32-3)34-15-14-33-22-12-8-5-9-13-22/h4-13,16-18H,14-15H2,1-3H3/b23-16-. The zero-order valence-electron chi connectivity index (χ0n) is 19.4. The lowest BCUT2D eigenvalue weighted by Crippen LogP contribution is -2.21. The Hall–Kier alpha value is -4.26. The number of hydrogen-bond donors (Lipinski definition) is 0. The fraction of sp³-hybridized carbons (Fsp3) is 0.185. The highest BCUT2D eigenvalue weighted by Crippen LogP contribution is 2.39. The van der Waals surface area contributed by atoms with Gasteiger partial charge in [0.05, 0.1) is 31.2 Å². The van der Waals surface area contributed by atoms with Crippen molar-refractivity contribution in [3.63, 3.8) is 0 Å². The van der Waals surface area contributed by atoms with Crippen LogP contribution >= 0.6 is 0 Å². The minimum Gasteiger partial charge on any atom is -0.493 e. The number of hydrogen-bond acceptors (Lipinski definition) is 6. The number of carbonyl (C=O) groups is 1. The third-order valence-corrected chi connectivity index (χ3v) is 5.20. The summed E-state index contributed by atoms with van der Waals surface area (Å²) in [7, 11) is 3.12. The van der Waals surface area contributed by atoms with Gasteiger partial charge in [0, 0.05) is 0 Å². The Morgan fingerprint density at radius 3 is 2.06 bits per heavy atom. The first-order valence-corrected chi connectivity index (χ1v) is 10.8. The maximum atomic E-state index is 13.0. The molecule has 0 aliphatic carbocycles. The normalized spacial score (nSPS) is 14.2. The average Bonchev–Trinajstić information content (AvgIpc) is 3.16. The number of hydrazone groups is 1. The molecule has 3 aromatic carbocycles. The van der Waals surface area contributed by atoms with E-state index in [9.17, 15) is 4.79 Å². The van der Waals surface area contributed by atoms with Crippen molar-refractivity contribution in [2.45, 2.75) is 6.92 Å². The van der Waals surface area contributed by atoms with Gasteiger partial charge in [-0.1, -0.05) is 36.4 Å². The predicted molar refractivity (Wildman–Crippen MR) is 132 cm³/mol. The summed E-state index contributed by atoms with van der Waals surface area (Å²) in [6.45, 7) is 2.48. The molecule has 0 radical (unpaired) electrons. The van der Waals surface area contributed by atoms with Crippen LogP contribution in [0.25, 0.3) is 6.08 Å². The molecular formula is C27H26N2O5. The predicted octanol–water partition coefficient (Wildman–Crippen LogP) is 4.97. The van der Waals surface area contributed by atoms with Crippen LogP contribution in [0.15, 0.2) is 83.5 Å². The molecule has 1 amide bonds. The van der Waals surface area contributed by atoms with Gasteiger partial charge in [-0.15, -0.1) is 0 Å². The smallest absolute Gasteiger partial charge is 0.280 e. The molecule has 0 fully saturated rings. The quantitative estimate of drug-likeness (QED) is 0.335. The van der Waals surface area contributed by atoms with Crippen molar-refractivity contribution in [3.8, 4) is 23.0 Å². The van der Waals surface area contributed by atoms with Crippen LogP contribution in [0.2, 0.25) is 0 Å². The first-order valence-electron chi connectivity index (χ1n) is 10.8. The first-order chi connectivity index (χ1) is 16.6. The van der Waals surface area contributed by atoms with Gasteiger partial charge in [-0.3, -0.25) is 4.79 Å². The summed E-state index contributed by atoms with van der Waals surface area (Å²) < 4.78 is 22.7. The first kappa shape index (κ1) is 22.9. The molecular weight excluding hydrogens is 432 g/mol. The molecule has 0 unspecified atom stereocenters. The minimum absolute atomic E-state index is 0.194. The second-order valence-electron chi connectivity index (χ2n) is 7.46. The van der Waals surface area contributed by atoms with Gasteiger partial charge < -0.3 is 18.9 Å². The van der Waals surface area contributed by atoms with Crippen LogP contribution in [0.3, 0.4) is 0 Å². The van der Waals surface area contributed by atoms with E-state index in [0.29, 0.717) is 47.4 Å². The molecule has 0 saturated carbocycles. The largest absolute Gasteiger partial charge is 0.493 e. The molecule has 174 valence electrons. The Morgan fingerprint density at radius 1 is 0.853 bits per heavy atom. The molecule has 0 aromatic heterocycles. The molecule has 1 aliphatic heterocycles. The van der Waals surface area contributed by atoms with Crippen molar-refractivity contribution in [2.24, 2.45) is 5.10 Å². The van der Waals surface area contributed by atoms with Crippen molar-refractivity contribution in [3.05, 3.63) is 83.9 Å². The van der Waals surface area contributed by atoms with E-state index in [0.717, 1.165) is 11.3 Å². The third kappa shape index (κ3) is 5.04. The number of carbonyl (C=O) groups excluding carboxylic acids is 1. The molecule has 7 heteroatoms. The van der Waals surface area contributed by atoms with Crippen molar-refractivity contribution in [1.29, 1.82) is 0 Å². The second kappa shape index (κ2) is 10.6. The van der Waals surface area contributed by atoms with Gasteiger partial charge in [-0.2, -0.15) is 10.1 Å². The van der Waals surface area contributed by atoms with Crippen molar-refractivity contribution >= 4 is 23.4 Å². The van der Waals surface area contributed by atoms with E-state index in [-0.39, 0.29) is 5.91 Å². The lowest BCUT2D eigenvalue weighted by molar-refractivity contribution is -0.114. The van der Waals surface area contributed by atoms with Crippen LogP contribution < -0.4 is 24.0 Å². The minimum atomic E-state index is -0.194. The molecule has 0 atom stereocenters. The van der Waals surface area contributed by atoms with Gasteiger partial charge in [0.2, 0.25) is 5.75 Å². The van der Waals surface area contributed by atoms with Gasteiger partial charge in [0.1, 0.15) is 19.0 Å². The number of methoxy groups -OCH3 is 2. The van der Waals surface area contributed by atoms with E-state index in [4.69, 9.17) is 18.9 Å². The fourth-order valence-corrected chi connectivity index (χ4v) is 3.54. The molecule has 0 bridgehead atoms. The fourth-order valence-electron chi connectivity index (χ4n) is 3.54. The van der Waals surface area contributed by atoms with Crippen LogP contribution in [-0.4, -0.2) is 39.1 Å². The summed E-state index contributed by atoms with van der Waals surface area (Å²) in [5.41, 5.74) is 2.57. The summed E-state index contributed by atoms with van der Waals surface area (Å²) in [5, 5.41) is 5.83. The van der Waals surface area contributed by atoms with E-state index in [1.807, 2.05) is 67.6 Å². The Labute approximate surface area is 198 Å². The van der Waals surface area contributed by atoms with E-state index in [2.05, 4.69) is 5.10 Å². The lowest BCUT2D eigenvalue weighted by Gasteiger charge is -2.16. The topological polar surface area (TPSA) is 69.6 Å². The summed E-state index contributed by atoms with van der Waals surface area (Å²) in [6.07, 6.45) is 1.78. The maximum Gasteiger partial charge on any atom is 0.280 e. The van der Waals surface area contributed by atoms with Crippen molar-refractivity contribution in [2.75, 3.05) is 32.4 Å². The molecule has 3 aromatic rings. The summed E-state index contributed by atoms with van der Waals surface area (Å²) in [5.74, 6) is 2.03. The summed E-state index contributed by atoms with van der Waals surface area (Å²) >= 11 is 0. The Balaban J connectivity index is 1.52. The lowest BCUT2D eigenvalue weighted by atomic mass is 10.1.